The zero-order valence-corrected chi connectivity index (χ0v) is 17.6. The molecule has 0 heterocycles. The first-order valence-electron chi connectivity index (χ1n) is 8.21. The highest BCUT2D eigenvalue weighted by molar-refractivity contribution is 9.10. The number of ether oxygens (including phenoxy) is 1. The summed E-state index contributed by atoms with van der Waals surface area (Å²) in [7, 11) is 1.70. The van der Waals surface area contributed by atoms with Gasteiger partial charge in [0.15, 0.2) is 5.11 Å². The van der Waals surface area contributed by atoms with Crippen molar-refractivity contribution in [3.05, 3.63) is 52.5 Å². The van der Waals surface area contributed by atoms with Gasteiger partial charge in [0.2, 0.25) is 5.91 Å². The van der Waals surface area contributed by atoms with Gasteiger partial charge in [0.1, 0.15) is 5.75 Å². The molecule has 0 radical (unpaired) electrons. The molecule has 0 saturated carbocycles. The van der Waals surface area contributed by atoms with Crippen LogP contribution in [-0.2, 0) is 4.79 Å². The Morgan fingerprint density at radius 1 is 1.19 bits per heavy atom. The summed E-state index contributed by atoms with van der Waals surface area (Å²) in [6, 6.07) is 12.2. The van der Waals surface area contributed by atoms with Crippen LogP contribution in [0.4, 0.5) is 11.4 Å². The Kier molecular flexibility index (Phi) is 7.32. The zero-order chi connectivity index (χ0) is 20.0. The second-order valence-electron chi connectivity index (χ2n) is 5.61. The molecule has 2 amide bonds. The predicted octanol–water partition coefficient (Wildman–Crippen LogP) is 3.96. The number of rotatable bonds is 5. The minimum atomic E-state index is -0.329. The van der Waals surface area contributed by atoms with Crippen molar-refractivity contribution in [2.45, 2.75) is 13.8 Å². The monoisotopic (exact) mass is 449 g/mol. The summed E-state index contributed by atoms with van der Waals surface area (Å²) in [5, 5.41) is 5.76. The van der Waals surface area contributed by atoms with Gasteiger partial charge in [0.25, 0.3) is 5.91 Å². The van der Waals surface area contributed by atoms with E-state index in [0.717, 1.165) is 5.69 Å². The van der Waals surface area contributed by atoms with Gasteiger partial charge in [-0.2, -0.15) is 0 Å². The lowest BCUT2D eigenvalue weighted by atomic mass is 10.2. The van der Waals surface area contributed by atoms with Crippen molar-refractivity contribution in [1.29, 1.82) is 0 Å². The molecule has 2 N–H and O–H groups in total. The molecule has 0 aliphatic rings. The quantitative estimate of drug-likeness (QED) is 0.675. The molecule has 27 heavy (non-hydrogen) atoms. The van der Waals surface area contributed by atoms with Crippen molar-refractivity contribution in [2.24, 2.45) is 0 Å². The minimum Gasteiger partial charge on any atom is -0.493 e. The van der Waals surface area contributed by atoms with Gasteiger partial charge in [0.05, 0.1) is 11.1 Å². The molecule has 0 aliphatic heterocycles. The summed E-state index contributed by atoms with van der Waals surface area (Å²) in [5.74, 6) is 0.287. The number of nitrogens with one attached hydrogen (secondary N) is 2. The van der Waals surface area contributed by atoms with Crippen LogP contribution in [0.15, 0.2) is 46.9 Å². The molecule has 2 aromatic carbocycles. The molecule has 142 valence electrons. The van der Waals surface area contributed by atoms with Crippen LogP contribution in [0.25, 0.3) is 0 Å². The fourth-order valence-corrected chi connectivity index (χ4v) is 2.91. The lowest BCUT2D eigenvalue weighted by Crippen LogP contribution is -2.34. The predicted molar refractivity (Wildman–Crippen MR) is 115 cm³/mol. The smallest absolute Gasteiger partial charge is 0.257 e. The Bertz CT molecular complexity index is 856. The van der Waals surface area contributed by atoms with Gasteiger partial charge in [-0.1, -0.05) is 0 Å². The topological polar surface area (TPSA) is 70.7 Å². The SMILES string of the molecule is CCOc1ccc(C(=O)NC(=S)Nc2ccc(N(C)C(C)=O)cc2)cc1Br. The average molecular weight is 450 g/mol. The number of hydrogen-bond acceptors (Lipinski definition) is 4. The van der Waals surface area contributed by atoms with E-state index in [4.69, 9.17) is 17.0 Å². The van der Waals surface area contributed by atoms with Crippen molar-refractivity contribution in [1.82, 2.24) is 5.32 Å². The molecule has 0 unspecified atom stereocenters. The summed E-state index contributed by atoms with van der Waals surface area (Å²) < 4.78 is 6.13. The maximum Gasteiger partial charge on any atom is 0.257 e. The minimum absolute atomic E-state index is 0.0555. The van der Waals surface area contributed by atoms with Crippen LogP contribution in [0.1, 0.15) is 24.2 Å². The van der Waals surface area contributed by atoms with Crippen molar-refractivity contribution < 1.29 is 14.3 Å². The summed E-state index contributed by atoms with van der Waals surface area (Å²) in [5.41, 5.74) is 1.92. The number of anilines is 2. The van der Waals surface area contributed by atoms with E-state index in [1.165, 1.54) is 11.8 Å². The van der Waals surface area contributed by atoms with E-state index >= 15 is 0 Å². The number of carbonyl (C=O) groups excluding carboxylic acids is 2. The number of nitrogens with zero attached hydrogens (tertiary/aromatic N) is 1. The zero-order valence-electron chi connectivity index (χ0n) is 15.2. The molecule has 0 bridgehead atoms. The Labute approximate surface area is 172 Å². The Balaban J connectivity index is 1.98. The molecule has 0 fully saturated rings. The first kappa shape index (κ1) is 20.9. The van der Waals surface area contributed by atoms with Gasteiger partial charge in [-0.05, 0) is 77.5 Å². The number of carbonyl (C=O) groups is 2. The molecule has 8 heteroatoms. The first-order valence-corrected chi connectivity index (χ1v) is 9.41. The normalized spacial score (nSPS) is 10.1. The van der Waals surface area contributed by atoms with Crippen LogP contribution in [0, 0.1) is 0 Å². The highest BCUT2D eigenvalue weighted by Gasteiger charge is 2.11. The third-order valence-corrected chi connectivity index (χ3v) is 4.53. The molecule has 2 rings (SSSR count). The van der Waals surface area contributed by atoms with E-state index in [0.29, 0.717) is 28.1 Å². The Morgan fingerprint density at radius 3 is 2.41 bits per heavy atom. The molecule has 0 aromatic heterocycles. The van der Waals surface area contributed by atoms with Crippen molar-refractivity contribution in [3.8, 4) is 5.75 Å². The lowest BCUT2D eigenvalue weighted by molar-refractivity contribution is -0.116. The molecular weight excluding hydrogens is 430 g/mol. The van der Waals surface area contributed by atoms with Gasteiger partial charge in [-0.25, -0.2) is 0 Å². The second-order valence-corrected chi connectivity index (χ2v) is 6.87. The van der Waals surface area contributed by atoms with E-state index in [-0.39, 0.29) is 16.9 Å². The van der Waals surface area contributed by atoms with Gasteiger partial charge in [-0.3, -0.25) is 14.9 Å². The van der Waals surface area contributed by atoms with Crippen LogP contribution >= 0.6 is 28.1 Å². The number of halogens is 1. The summed E-state index contributed by atoms with van der Waals surface area (Å²) in [4.78, 5) is 25.3. The third-order valence-electron chi connectivity index (χ3n) is 3.71. The van der Waals surface area contributed by atoms with Gasteiger partial charge in [0, 0.05) is 30.9 Å². The standard InChI is InChI=1S/C19H20BrN3O3S/c1-4-26-17-10-5-13(11-16(17)20)18(25)22-19(27)21-14-6-8-15(9-7-14)23(3)12(2)24/h5-11H,4H2,1-3H3,(H2,21,22,25,27). The van der Waals surface area contributed by atoms with Crippen LogP contribution in [0.5, 0.6) is 5.75 Å². The highest BCUT2D eigenvalue weighted by Crippen LogP contribution is 2.26. The number of thiocarbonyl (C=S) groups is 1. The summed E-state index contributed by atoms with van der Waals surface area (Å²) in [6.45, 7) is 3.93. The average Bonchev–Trinajstić information content (AvgIpc) is 2.63. The first-order chi connectivity index (χ1) is 12.8. The van der Waals surface area contributed by atoms with Crippen LogP contribution in [0.3, 0.4) is 0 Å². The van der Waals surface area contributed by atoms with Crippen LogP contribution in [-0.4, -0.2) is 30.6 Å². The Morgan fingerprint density at radius 2 is 1.85 bits per heavy atom. The number of amides is 2. The molecular formula is C19H20BrN3O3S. The molecule has 0 saturated heterocycles. The van der Waals surface area contributed by atoms with Gasteiger partial charge in [-0.15, -0.1) is 0 Å². The molecule has 0 spiro atoms. The maximum atomic E-state index is 12.3. The molecule has 6 nitrogen and oxygen atoms in total. The van der Waals surface area contributed by atoms with E-state index in [9.17, 15) is 9.59 Å². The number of hydrogen-bond donors (Lipinski definition) is 2. The summed E-state index contributed by atoms with van der Waals surface area (Å²) >= 11 is 8.58. The van der Waals surface area contributed by atoms with E-state index in [2.05, 4.69) is 26.6 Å². The Hall–Kier alpha value is -2.45. The van der Waals surface area contributed by atoms with Gasteiger partial charge >= 0.3 is 0 Å². The summed E-state index contributed by atoms with van der Waals surface area (Å²) in [6.07, 6.45) is 0. The van der Waals surface area contributed by atoms with Crippen LogP contribution in [0.2, 0.25) is 0 Å². The maximum absolute atomic E-state index is 12.3. The molecule has 0 atom stereocenters. The fraction of sp³-hybridized carbons (Fsp3) is 0.211. The highest BCUT2D eigenvalue weighted by atomic mass is 79.9. The van der Waals surface area contributed by atoms with Crippen molar-refractivity contribution >= 4 is 56.4 Å². The lowest BCUT2D eigenvalue weighted by Gasteiger charge is -2.16. The van der Waals surface area contributed by atoms with E-state index in [1.807, 2.05) is 6.92 Å². The van der Waals surface area contributed by atoms with Gasteiger partial charge < -0.3 is 15.0 Å². The second kappa shape index (κ2) is 9.48. The molecule has 0 aliphatic carbocycles. The number of benzene rings is 2. The van der Waals surface area contributed by atoms with Crippen LogP contribution < -0.4 is 20.3 Å². The largest absolute Gasteiger partial charge is 0.493 e. The molecule has 2 aromatic rings. The van der Waals surface area contributed by atoms with Crippen molar-refractivity contribution in [3.63, 3.8) is 0 Å². The third kappa shape index (κ3) is 5.77. The van der Waals surface area contributed by atoms with E-state index < -0.39 is 0 Å². The fourth-order valence-electron chi connectivity index (χ4n) is 2.20. The van der Waals surface area contributed by atoms with Crippen molar-refractivity contribution in [2.75, 3.05) is 23.9 Å². The van der Waals surface area contributed by atoms with E-state index in [1.54, 1.807) is 49.5 Å².